The van der Waals surface area contributed by atoms with Crippen molar-refractivity contribution in [2.75, 3.05) is 19.8 Å². The van der Waals surface area contributed by atoms with Gasteiger partial charge in [-0.2, -0.15) is 0 Å². The third kappa shape index (κ3) is 4.80. The van der Waals surface area contributed by atoms with Crippen LogP contribution in [0.1, 0.15) is 49.3 Å². The highest BCUT2D eigenvalue weighted by Crippen LogP contribution is 2.23. The monoisotopic (exact) mass is 289 g/mol. The first kappa shape index (κ1) is 15.0. The van der Waals surface area contributed by atoms with Gasteiger partial charge in [0.2, 0.25) is 0 Å². The first-order chi connectivity index (χ1) is 10.3. The molecule has 1 N–H and O–H groups in total. The normalized spacial score (nSPS) is 24.0. The zero-order valence-corrected chi connectivity index (χ0v) is 13.0. The fourth-order valence-corrected chi connectivity index (χ4v) is 2.78. The molecule has 1 aromatic carbocycles. The average molecular weight is 289 g/mol. The lowest BCUT2D eigenvalue weighted by molar-refractivity contribution is -0.0634. The molecule has 2 aliphatic rings. The molecule has 116 valence electrons. The average Bonchev–Trinajstić information content (AvgIpc) is 3.34. The number of aryl methyl sites for hydroxylation is 1. The van der Waals surface area contributed by atoms with E-state index >= 15 is 0 Å². The standard InChI is InChI=1S/C18H27NO2/c1-14-5-7-15(8-6-14)18(12-19-16-9-10-16)21-13-17-4-2-3-11-20-17/h5-8,16-19H,2-4,9-13H2,1H3. The molecular formula is C18H27NO2. The maximum absolute atomic E-state index is 6.20. The Morgan fingerprint density at radius 1 is 1.19 bits per heavy atom. The highest BCUT2D eigenvalue weighted by molar-refractivity contribution is 5.23. The molecule has 2 fully saturated rings. The molecular weight excluding hydrogens is 262 g/mol. The summed E-state index contributed by atoms with van der Waals surface area (Å²) < 4.78 is 12.0. The molecule has 2 atom stereocenters. The fourth-order valence-electron chi connectivity index (χ4n) is 2.78. The van der Waals surface area contributed by atoms with Gasteiger partial charge in [-0.15, -0.1) is 0 Å². The maximum atomic E-state index is 6.20. The van der Waals surface area contributed by atoms with Crippen LogP contribution < -0.4 is 5.32 Å². The van der Waals surface area contributed by atoms with Crippen LogP contribution in [-0.2, 0) is 9.47 Å². The van der Waals surface area contributed by atoms with Gasteiger partial charge in [-0.25, -0.2) is 0 Å². The first-order valence-electron chi connectivity index (χ1n) is 8.34. The zero-order valence-electron chi connectivity index (χ0n) is 13.0. The van der Waals surface area contributed by atoms with Crippen molar-refractivity contribution in [3.05, 3.63) is 35.4 Å². The molecule has 0 radical (unpaired) electrons. The third-order valence-corrected chi connectivity index (χ3v) is 4.38. The van der Waals surface area contributed by atoms with Gasteiger partial charge in [0.1, 0.15) is 0 Å². The van der Waals surface area contributed by atoms with Gasteiger partial charge in [-0.05, 0) is 44.6 Å². The summed E-state index contributed by atoms with van der Waals surface area (Å²) in [5.74, 6) is 0. The Bertz CT molecular complexity index is 421. The van der Waals surface area contributed by atoms with Gasteiger partial charge in [0.05, 0.1) is 18.8 Å². The molecule has 3 rings (SSSR count). The molecule has 1 heterocycles. The van der Waals surface area contributed by atoms with Crippen LogP contribution in [0, 0.1) is 6.92 Å². The van der Waals surface area contributed by atoms with Gasteiger partial charge >= 0.3 is 0 Å². The second kappa shape index (κ2) is 7.39. The van der Waals surface area contributed by atoms with Crippen LogP contribution in [0.3, 0.4) is 0 Å². The molecule has 0 amide bonds. The molecule has 0 aromatic heterocycles. The van der Waals surface area contributed by atoms with Gasteiger partial charge in [0.25, 0.3) is 0 Å². The van der Waals surface area contributed by atoms with Crippen molar-refractivity contribution in [3.8, 4) is 0 Å². The van der Waals surface area contributed by atoms with E-state index in [9.17, 15) is 0 Å². The maximum Gasteiger partial charge on any atom is 0.0950 e. The van der Waals surface area contributed by atoms with Crippen LogP contribution in [-0.4, -0.2) is 31.9 Å². The van der Waals surface area contributed by atoms with Crippen molar-refractivity contribution in [2.24, 2.45) is 0 Å². The largest absolute Gasteiger partial charge is 0.376 e. The number of hydrogen-bond donors (Lipinski definition) is 1. The molecule has 1 aliphatic heterocycles. The van der Waals surface area contributed by atoms with Crippen LogP contribution in [0.15, 0.2) is 24.3 Å². The summed E-state index contributed by atoms with van der Waals surface area (Å²) >= 11 is 0. The van der Waals surface area contributed by atoms with Crippen molar-refractivity contribution in [1.29, 1.82) is 0 Å². The number of nitrogens with one attached hydrogen (secondary N) is 1. The van der Waals surface area contributed by atoms with Crippen LogP contribution in [0.4, 0.5) is 0 Å². The van der Waals surface area contributed by atoms with E-state index in [1.54, 1.807) is 0 Å². The Hall–Kier alpha value is -0.900. The summed E-state index contributed by atoms with van der Waals surface area (Å²) in [7, 11) is 0. The van der Waals surface area contributed by atoms with Crippen LogP contribution in [0.2, 0.25) is 0 Å². The number of ether oxygens (including phenoxy) is 2. The van der Waals surface area contributed by atoms with E-state index in [2.05, 4.69) is 36.5 Å². The van der Waals surface area contributed by atoms with E-state index in [1.165, 1.54) is 36.8 Å². The lowest BCUT2D eigenvalue weighted by atomic mass is 10.1. The Kier molecular flexibility index (Phi) is 5.28. The van der Waals surface area contributed by atoms with Crippen molar-refractivity contribution in [2.45, 2.75) is 57.3 Å². The van der Waals surface area contributed by atoms with Crippen molar-refractivity contribution in [3.63, 3.8) is 0 Å². The highest BCUT2D eigenvalue weighted by Gasteiger charge is 2.24. The zero-order chi connectivity index (χ0) is 14.5. The SMILES string of the molecule is Cc1ccc(C(CNC2CC2)OCC2CCCCO2)cc1. The molecule has 3 heteroatoms. The summed E-state index contributed by atoms with van der Waals surface area (Å²) in [6.45, 7) is 4.63. The highest BCUT2D eigenvalue weighted by atomic mass is 16.5. The molecule has 0 spiro atoms. The second-order valence-electron chi connectivity index (χ2n) is 6.40. The number of benzene rings is 1. The minimum atomic E-state index is 0.136. The van der Waals surface area contributed by atoms with Crippen LogP contribution in [0.25, 0.3) is 0 Å². The topological polar surface area (TPSA) is 30.5 Å². The molecule has 3 nitrogen and oxygen atoms in total. The van der Waals surface area contributed by atoms with E-state index in [4.69, 9.17) is 9.47 Å². The first-order valence-corrected chi connectivity index (χ1v) is 8.34. The Balaban J connectivity index is 1.55. The summed E-state index contributed by atoms with van der Waals surface area (Å²) in [6, 6.07) is 9.43. The fraction of sp³-hybridized carbons (Fsp3) is 0.667. The minimum absolute atomic E-state index is 0.136. The lowest BCUT2D eigenvalue weighted by Crippen LogP contribution is -2.30. The van der Waals surface area contributed by atoms with Gasteiger partial charge in [0.15, 0.2) is 0 Å². The minimum Gasteiger partial charge on any atom is -0.376 e. The molecule has 1 aromatic rings. The molecule has 1 saturated carbocycles. The third-order valence-electron chi connectivity index (χ3n) is 4.38. The molecule has 1 aliphatic carbocycles. The summed E-state index contributed by atoms with van der Waals surface area (Å²) in [6.07, 6.45) is 6.64. The quantitative estimate of drug-likeness (QED) is 0.835. The van der Waals surface area contributed by atoms with Crippen molar-refractivity contribution in [1.82, 2.24) is 5.32 Å². The van der Waals surface area contributed by atoms with E-state index in [0.29, 0.717) is 12.6 Å². The molecule has 2 unspecified atom stereocenters. The number of rotatable bonds is 7. The Labute approximate surface area is 128 Å². The Morgan fingerprint density at radius 3 is 2.67 bits per heavy atom. The van der Waals surface area contributed by atoms with E-state index in [-0.39, 0.29) is 12.2 Å². The van der Waals surface area contributed by atoms with E-state index in [0.717, 1.165) is 19.6 Å². The smallest absolute Gasteiger partial charge is 0.0950 e. The van der Waals surface area contributed by atoms with Crippen LogP contribution >= 0.6 is 0 Å². The van der Waals surface area contributed by atoms with E-state index < -0.39 is 0 Å². The van der Waals surface area contributed by atoms with Crippen molar-refractivity contribution >= 4 is 0 Å². The summed E-state index contributed by atoms with van der Waals surface area (Å²) in [5, 5.41) is 3.59. The van der Waals surface area contributed by atoms with Crippen molar-refractivity contribution < 1.29 is 9.47 Å². The van der Waals surface area contributed by atoms with Gasteiger partial charge in [-0.1, -0.05) is 29.8 Å². The van der Waals surface area contributed by atoms with Gasteiger partial charge < -0.3 is 14.8 Å². The molecule has 1 saturated heterocycles. The summed E-state index contributed by atoms with van der Waals surface area (Å²) in [4.78, 5) is 0. The van der Waals surface area contributed by atoms with Gasteiger partial charge in [-0.3, -0.25) is 0 Å². The summed E-state index contributed by atoms with van der Waals surface area (Å²) in [5.41, 5.74) is 2.56. The second-order valence-corrected chi connectivity index (χ2v) is 6.40. The predicted octanol–water partition coefficient (Wildman–Crippen LogP) is 3.37. The van der Waals surface area contributed by atoms with Crippen LogP contribution in [0.5, 0.6) is 0 Å². The predicted molar refractivity (Wildman–Crippen MR) is 84.5 cm³/mol. The van der Waals surface area contributed by atoms with E-state index in [1.807, 2.05) is 0 Å². The number of hydrogen-bond acceptors (Lipinski definition) is 3. The Morgan fingerprint density at radius 2 is 2.00 bits per heavy atom. The van der Waals surface area contributed by atoms with Gasteiger partial charge in [0, 0.05) is 19.2 Å². The molecule has 21 heavy (non-hydrogen) atoms. The molecule has 0 bridgehead atoms. The lowest BCUT2D eigenvalue weighted by Gasteiger charge is -2.26.